The molecular formula is C23H33N3O5S2. The monoisotopic (exact) mass is 495 g/mol. The highest BCUT2D eigenvalue weighted by atomic mass is 32.1. The maximum Gasteiger partial charge on any atom is 0.407 e. The van der Waals surface area contributed by atoms with E-state index in [4.69, 9.17) is 9.84 Å². The number of nitrogens with zero attached hydrogens (tertiary/aromatic N) is 1. The minimum Gasteiger partial charge on any atom is -0.465 e. The molecule has 0 radical (unpaired) electrons. The Bertz CT molecular complexity index is 863. The zero-order valence-electron chi connectivity index (χ0n) is 19.3. The fraction of sp³-hybridized carbons (Fsp3) is 0.522. The summed E-state index contributed by atoms with van der Waals surface area (Å²) in [6, 6.07) is 7.49. The smallest absolute Gasteiger partial charge is 0.407 e. The standard InChI is InChI=1S/C23H33N3O5S2/c1-23(2,3)31-22(30)25-17(8-4-5-11-24-21(28)29)15-26(16-19-10-7-13-33-19)20(27)14-18-9-6-12-32-18/h6-7,9-10,12-13,17,24H,4-5,8,11,14-16H2,1-3H3,(H,25,30)(H,28,29)/t17-/m0/s1. The lowest BCUT2D eigenvalue weighted by Crippen LogP contribution is -2.47. The van der Waals surface area contributed by atoms with E-state index in [0.29, 0.717) is 45.3 Å². The summed E-state index contributed by atoms with van der Waals surface area (Å²) < 4.78 is 5.42. The van der Waals surface area contributed by atoms with Gasteiger partial charge in [0.25, 0.3) is 0 Å². The van der Waals surface area contributed by atoms with Crippen LogP contribution in [0.2, 0.25) is 0 Å². The minimum absolute atomic E-state index is 0.00520. The Morgan fingerprint density at radius 1 is 1.09 bits per heavy atom. The molecule has 2 heterocycles. The third kappa shape index (κ3) is 11.2. The Morgan fingerprint density at radius 2 is 1.76 bits per heavy atom. The topological polar surface area (TPSA) is 108 Å². The second-order valence-electron chi connectivity index (χ2n) is 8.68. The lowest BCUT2D eigenvalue weighted by Gasteiger charge is -2.29. The van der Waals surface area contributed by atoms with Crippen molar-refractivity contribution in [3.8, 4) is 0 Å². The highest BCUT2D eigenvalue weighted by Gasteiger charge is 2.24. The van der Waals surface area contributed by atoms with Gasteiger partial charge < -0.3 is 25.4 Å². The van der Waals surface area contributed by atoms with Crippen LogP contribution in [0, 0.1) is 0 Å². The van der Waals surface area contributed by atoms with Crippen LogP contribution in [0.15, 0.2) is 35.0 Å². The second kappa shape index (κ2) is 13.2. The number of carboxylic acid groups (broad SMARTS) is 1. The number of hydrogen-bond acceptors (Lipinski definition) is 6. The Labute approximate surface area is 202 Å². The maximum atomic E-state index is 13.2. The largest absolute Gasteiger partial charge is 0.465 e. The predicted molar refractivity (Wildman–Crippen MR) is 131 cm³/mol. The normalized spacial score (nSPS) is 12.1. The molecule has 3 N–H and O–H groups in total. The first-order chi connectivity index (χ1) is 15.6. The Hall–Kier alpha value is -2.59. The molecule has 0 saturated heterocycles. The van der Waals surface area contributed by atoms with Crippen molar-refractivity contribution in [2.75, 3.05) is 13.1 Å². The molecule has 0 aliphatic carbocycles. The van der Waals surface area contributed by atoms with Crippen LogP contribution < -0.4 is 10.6 Å². The number of thiophene rings is 2. The maximum absolute atomic E-state index is 13.2. The van der Waals surface area contributed by atoms with Crippen molar-refractivity contribution in [3.63, 3.8) is 0 Å². The molecule has 0 bridgehead atoms. The molecule has 2 aromatic heterocycles. The van der Waals surface area contributed by atoms with Crippen molar-refractivity contribution < 1.29 is 24.2 Å². The van der Waals surface area contributed by atoms with Gasteiger partial charge in [-0.05, 0) is 62.9 Å². The molecule has 0 saturated carbocycles. The zero-order valence-corrected chi connectivity index (χ0v) is 21.0. The van der Waals surface area contributed by atoms with Crippen LogP contribution in [0.1, 0.15) is 49.8 Å². The van der Waals surface area contributed by atoms with E-state index in [1.54, 1.807) is 48.3 Å². The van der Waals surface area contributed by atoms with Gasteiger partial charge >= 0.3 is 12.2 Å². The van der Waals surface area contributed by atoms with Gasteiger partial charge in [0.1, 0.15) is 5.60 Å². The molecule has 0 spiro atoms. The average Bonchev–Trinajstić information content (AvgIpc) is 3.39. The molecule has 10 heteroatoms. The van der Waals surface area contributed by atoms with Gasteiger partial charge in [-0.1, -0.05) is 12.1 Å². The first-order valence-corrected chi connectivity index (χ1v) is 12.7. The van der Waals surface area contributed by atoms with Gasteiger partial charge in [-0.2, -0.15) is 0 Å². The minimum atomic E-state index is -1.06. The van der Waals surface area contributed by atoms with Crippen molar-refractivity contribution in [2.45, 2.75) is 64.6 Å². The van der Waals surface area contributed by atoms with Crippen molar-refractivity contribution in [3.05, 3.63) is 44.8 Å². The summed E-state index contributed by atoms with van der Waals surface area (Å²) in [5.74, 6) is -0.00520. The number of rotatable bonds is 12. The number of ether oxygens (including phenoxy) is 1. The molecule has 2 aromatic rings. The fourth-order valence-electron chi connectivity index (χ4n) is 3.18. The molecule has 8 nitrogen and oxygen atoms in total. The van der Waals surface area contributed by atoms with E-state index in [-0.39, 0.29) is 11.9 Å². The summed E-state index contributed by atoms with van der Waals surface area (Å²) in [5.41, 5.74) is -0.633. The number of nitrogens with one attached hydrogen (secondary N) is 2. The summed E-state index contributed by atoms with van der Waals surface area (Å²) in [7, 11) is 0. The van der Waals surface area contributed by atoms with Crippen LogP contribution in [0.3, 0.4) is 0 Å². The van der Waals surface area contributed by atoms with E-state index in [0.717, 1.165) is 9.75 Å². The van der Waals surface area contributed by atoms with Gasteiger partial charge in [0, 0.05) is 28.9 Å². The van der Waals surface area contributed by atoms with Crippen LogP contribution in [-0.4, -0.2) is 52.8 Å². The van der Waals surface area contributed by atoms with Gasteiger partial charge in [-0.25, -0.2) is 9.59 Å². The summed E-state index contributed by atoms with van der Waals surface area (Å²) in [6.45, 7) is 6.54. The lowest BCUT2D eigenvalue weighted by atomic mass is 10.1. The molecule has 0 unspecified atom stereocenters. The van der Waals surface area contributed by atoms with Gasteiger partial charge in [0.15, 0.2) is 0 Å². The van der Waals surface area contributed by atoms with Crippen molar-refractivity contribution >= 4 is 40.8 Å². The highest BCUT2D eigenvalue weighted by molar-refractivity contribution is 7.10. The van der Waals surface area contributed by atoms with Crippen LogP contribution in [0.5, 0.6) is 0 Å². The summed E-state index contributed by atoms with van der Waals surface area (Å²) in [6.07, 6.45) is 0.635. The van der Waals surface area contributed by atoms with E-state index in [1.807, 2.05) is 35.0 Å². The highest BCUT2D eigenvalue weighted by Crippen LogP contribution is 2.17. The molecule has 0 fully saturated rings. The van der Waals surface area contributed by atoms with Gasteiger partial charge in [-0.3, -0.25) is 4.79 Å². The number of hydrogen-bond donors (Lipinski definition) is 3. The molecule has 0 aliphatic rings. The average molecular weight is 496 g/mol. The molecule has 2 rings (SSSR count). The summed E-state index contributed by atoms with van der Waals surface area (Å²) in [5, 5.41) is 17.9. The number of carbonyl (C=O) groups excluding carboxylic acids is 2. The third-order valence-electron chi connectivity index (χ3n) is 4.60. The molecule has 3 amide bonds. The van der Waals surface area contributed by atoms with Crippen molar-refractivity contribution in [1.82, 2.24) is 15.5 Å². The van der Waals surface area contributed by atoms with Crippen LogP contribution in [-0.2, 0) is 22.5 Å². The van der Waals surface area contributed by atoms with E-state index >= 15 is 0 Å². The van der Waals surface area contributed by atoms with E-state index < -0.39 is 17.8 Å². The predicted octanol–water partition coefficient (Wildman–Crippen LogP) is 4.71. The van der Waals surface area contributed by atoms with Crippen LogP contribution >= 0.6 is 22.7 Å². The molecule has 182 valence electrons. The van der Waals surface area contributed by atoms with Crippen LogP contribution in [0.4, 0.5) is 9.59 Å². The van der Waals surface area contributed by atoms with Crippen molar-refractivity contribution in [2.24, 2.45) is 0 Å². The van der Waals surface area contributed by atoms with Gasteiger partial charge in [0.05, 0.1) is 13.0 Å². The Kier molecular flexibility index (Phi) is 10.7. The third-order valence-corrected chi connectivity index (χ3v) is 6.34. The first-order valence-electron chi connectivity index (χ1n) is 10.9. The fourth-order valence-corrected chi connectivity index (χ4v) is 4.59. The summed E-state index contributed by atoms with van der Waals surface area (Å²) >= 11 is 3.13. The van der Waals surface area contributed by atoms with Gasteiger partial charge in [0.2, 0.25) is 5.91 Å². The number of unbranched alkanes of at least 4 members (excludes halogenated alkanes) is 1. The molecule has 0 aliphatic heterocycles. The Morgan fingerprint density at radius 3 is 2.33 bits per heavy atom. The zero-order chi connectivity index (χ0) is 24.3. The summed E-state index contributed by atoms with van der Waals surface area (Å²) in [4.78, 5) is 40.1. The lowest BCUT2D eigenvalue weighted by molar-refractivity contribution is -0.131. The molecular weight excluding hydrogens is 462 g/mol. The van der Waals surface area contributed by atoms with E-state index in [2.05, 4.69) is 10.6 Å². The Balaban J connectivity index is 2.07. The number of alkyl carbamates (subject to hydrolysis) is 1. The molecule has 0 aromatic carbocycles. The first kappa shape index (κ1) is 26.7. The van der Waals surface area contributed by atoms with Crippen LogP contribution in [0.25, 0.3) is 0 Å². The van der Waals surface area contributed by atoms with E-state index in [1.165, 1.54) is 0 Å². The molecule has 33 heavy (non-hydrogen) atoms. The van der Waals surface area contributed by atoms with Gasteiger partial charge in [-0.15, -0.1) is 22.7 Å². The SMILES string of the molecule is CC(C)(C)OC(=O)N[C@@H](CCCCNC(=O)O)CN(Cc1cccs1)C(=O)Cc1cccs1. The second-order valence-corrected chi connectivity index (χ2v) is 10.7. The number of carbonyl (C=O) groups is 3. The molecule has 1 atom stereocenters. The quantitative estimate of drug-likeness (QED) is 0.370. The van der Waals surface area contributed by atoms with E-state index in [9.17, 15) is 14.4 Å². The van der Waals surface area contributed by atoms with Crippen molar-refractivity contribution in [1.29, 1.82) is 0 Å². The number of amides is 3.